The predicted octanol–water partition coefficient (Wildman–Crippen LogP) is 10.3. The number of halogens is 5. The Morgan fingerprint density at radius 2 is 1.56 bits per heavy atom. The lowest BCUT2D eigenvalue weighted by atomic mass is 9.74. The lowest BCUT2D eigenvalue weighted by Gasteiger charge is -2.38. The Morgan fingerprint density at radius 1 is 0.822 bits per heavy atom. The largest absolute Gasteiger partial charge is 0.488 e. The summed E-state index contributed by atoms with van der Waals surface area (Å²) in [7, 11) is 0. The minimum Gasteiger partial charge on any atom is -0.488 e. The molecule has 0 amide bonds. The van der Waals surface area contributed by atoms with Crippen LogP contribution in [0.4, 0.5) is 22.0 Å². The Labute approximate surface area is 264 Å². The van der Waals surface area contributed by atoms with Crippen molar-refractivity contribution in [2.45, 2.75) is 102 Å². The molecule has 1 aliphatic heterocycles. The first-order chi connectivity index (χ1) is 21.8. The molecule has 0 spiro atoms. The van der Waals surface area contributed by atoms with Crippen LogP contribution >= 0.6 is 0 Å². The van der Waals surface area contributed by atoms with Gasteiger partial charge >= 0.3 is 6.11 Å². The van der Waals surface area contributed by atoms with E-state index in [1.807, 2.05) is 6.07 Å². The third-order valence-corrected chi connectivity index (χ3v) is 10.1. The third-order valence-electron chi connectivity index (χ3n) is 10.1. The first kappa shape index (κ1) is 34.0. The normalized spacial score (nSPS) is 27.7. The quantitative estimate of drug-likeness (QED) is 0.162. The van der Waals surface area contributed by atoms with Gasteiger partial charge in [0.25, 0.3) is 0 Å². The summed E-state index contributed by atoms with van der Waals surface area (Å²) in [6.45, 7) is 2.35. The van der Waals surface area contributed by atoms with Gasteiger partial charge in [0.1, 0.15) is 24.8 Å². The minimum atomic E-state index is -3.53. The van der Waals surface area contributed by atoms with Crippen LogP contribution in [-0.4, -0.2) is 32.6 Å². The van der Waals surface area contributed by atoms with Crippen LogP contribution in [0.1, 0.15) is 107 Å². The number of hydrogen-bond acceptors (Lipinski definition) is 4. The second-order valence-corrected chi connectivity index (χ2v) is 13.2. The van der Waals surface area contributed by atoms with Crippen molar-refractivity contribution in [3.8, 4) is 11.5 Å². The fourth-order valence-electron chi connectivity index (χ4n) is 7.43. The smallest absolute Gasteiger partial charge is 0.400 e. The Bertz CT molecular complexity index is 1200. The standard InChI is InChI=1S/C36H47F5O4/c1-2-3-4-5-24-6-8-25(9-7-24)28-22-43-35(44-23-28)27-12-16-31(32(38)20-27)26-10-13-29(14-11-26)36(40,41)45-30-15-17-34(33(39)21-30)42-19-18-37/h12,15-17,20-21,24-26,28-29,35H,2-11,13-14,18-19,22-23H2,1H3. The fourth-order valence-corrected chi connectivity index (χ4v) is 7.43. The topological polar surface area (TPSA) is 36.9 Å². The summed E-state index contributed by atoms with van der Waals surface area (Å²) < 4.78 is 93.7. The molecule has 0 N–H and O–H groups in total. The highest BCUT2D eigenvalue weighted by Gasteiger charge is 2.44. The van der Waals surface area contributed by atoms with Crippen molar-refractivity contribution < 1.29 is 40.9 Å². The molecule has 2 aromatic carbocycles. The lowest BCUT2D eigenvalue weighted by Crippen LogP contribution is -2.37. The maximum atomic E-state index is 15.3. The fraction of sp³-hybridized carbons (Fsp3) is 0.667. The van der Waals surface area contributed by atoms with E-state index in [2.05, 4.69) is 6.92 Å². The van der Waals surface area contributed by atoms with Gasteiger partial charge < -0.3 is 18.9 Å². The van der Waals surface area contributed by atoms with Gasteiger partial charge in [-0.1, -0.05) is 57.6 Å². The van der Waals surface area contributed by atoms with Crippen molar-refractivity contribution in [3.63, 3.8) is 0 Å². The molecule has 1 heterocycles. The van der Waals surface area contributed by atoms with Crippen LogP contribution in [0.25, 0.3) is 0 Å². The monoisotopic (exact) mass is 638 g/mol. The molecule has 3 aliphatic rings. The highest BCUT2D eigenvalue weighted by molar-refractivity contribution is 5.33. The maximum absolute atomic E-state index is 15.3. The number of unbranched alkanes of at least 4 members (excludes halogenated alkanes) is 2. The Morgan fingerprint density at radius 3 is 2.20 bits per heavy atom. The molecule has 250 valence electrons. The highest BCUT2D eigenvalue weighted by Crippen LogP contribution is 2.45. The molecule has 0 unspecified atom stereocenters. The van der Waals surface area contributed by atoms with Gasteiger partial charge in [0.05, 0.1) is 19.1 Å². The van der Waals surface area contributed by atoms with Crippen LogP contribution in [0, 0.1) is 35.3 Å². The molecule has 45 heavy (non-hydrogen) atoms. The molecule has 0 radical (unpaired) electrons. The van der Waals surface area contributed by atoms with E-state index < -0.39 is 30.8 Å². The van der Waals surface area contributed by atoms with Crippen molar-refractivity contribution >= 4 is 0 Å². The zero-order chi connectivity index (χ0) is 31.8. The van der Waals surface area contributed by atoms with E-state index in [9.17, 15) is 17.6 Å². The molecule has 0 aromatic heterocycles. The van der Waals surface area contributed by atoms with Gasteiger partial charge in [-0.2, -0.15) is 8.78 Å². The zero-order valence-electron chi connectivity index (χ0n) is 26.3. The molecule has 3 fully saturated rings. The maximum Gasteiger partial charge on any atom is 0.400 e. The SMILES string of the molecule is CCCCCC1CCC(C2COC(c3ccc(C4CCC(C(F)(F)Oc5ccc(OCCF)c(F)c5)CC4)c(F)c3)OC2)CC1. The van der Waals surface area contributed by atoms with E-state index >= 15 is 4.39 Å². The van der Waals surface area contributed by atoms with Crippen LogP contribution in [-0.2, 0) is 9.47 Å². The van der Waals surface area contributed by atoms with Crippen LogP contribution in [0.3, 0.4) is 0 Å². The van der Waals surface area contributed by atoms with Crippen molar-refractivity contribution in [2.75, 3.05) is 26.5 Å². The molecular formula is C36H47F5O4. The van der Waals surface area contributed by atoms with Crippen molar-refractivity contribution in [1.29, 1.82) is 0 Å². The Kier molecular flexibility index (Phi) is 12.0. The summed E-state index contributed by atoms with van der Waals surface area (Å²) >= 11 is 0. The molecule has 0 bridgehead atoms. The van der Waals surface area contributed by atoms with E-state index in [1.165, 1.54) is 63.5 Å². The second-order valence-electron chi connectivity index (χ2n) is 13.2. The third kappa shape index (κ3) is 8.91. The number of alkyl halides is 3. The number of hydrogen-bond donors (Lipinski definition) is 0. The Hall–Kier alpha value is -2.39. The average molecular weight is 639 g/mol. The van der Waals surface area contributed by atoms with Crippen molar-refractivity contribution in [2.24, 2.45) is 23.7 Å². The Balaban J connectivity index is 1.08. The number of benzene rings is 2. The summed E-state index contributed by atoms with van der Waals surface area (Å²) in [5, 5.41) is 0. The van der Waals surface area contributed by atoms with Crippen LogP contribution in [0.2, 0.25) is 0 Å². The van der Waals surface area contributed by atoms with E-state index in [1.54, 1.807) is 6.07 Å². The van der Waals surface area contributed by atoms with Crippen LogP contribution in [0.5, 0.6) is 11.5 Å². The van der Waals surface area contributed by atoms with E-state index in [0.29, 0.717) is 49.0 Å². The highest BCUT2D eigenvalue weighted by atomic mass is 19.3. The molecule has 1 saturated heterocycles. The molecule has 4 nitrogen and oxygen atoms in total. The molecule has 5 rings (SSSR count). The molecule has 9 heteroatoms. The summed E-state index contributed by atoms with van der Waals surface area (Å²) in [6.07, 6.45) is 7.22. The summed E-state index contributed by atoms with van der Waals surface area (Å²) in [4.78, 5) is 0. The van der Waals surface area contributed by atoms with E-state index in [0.717, 1.165) is 18.1 Å². The van der Waals surface area contributed by atoms with E-state index in [4.69, 9.17) is 18.9 Å². The number of rotatable bonds is 13. The van der Waals surface area contributed by atoms with Gasteiger partial charge in [0.2, 0.25) is 0 Å². The average Bonchev–Trinajstić information content (AvgIpc) is 3.05. The van der Waals surface area contributed by atoms with Crippen LogP contribution < -0.4 is 9.47 Å². The molecule has 2 aliphatic carbocycles. The summed E-state index contributed by atoms with van der Waals surface area (Å²) in [5.41, 5.74) is 1.15. The molecule has 2 aromatic rings. The lowest BCUT2D eigenvalue weighted by molar-refractivity contribution is -0.222. The van der Waals surface area contributed by atoms with Gasteiger partial charge in [0.15, 0.2) is 17.9 Å². The van der Waals surface area contributed by atoms with Crippen molar-refractivity contribution in [3.05, 3.63) is 59.2 Å². The molecule has 0 atom stereocenters. The van der Waals surface area contributed by atoms with Crippen molar-refractivity contribution in [1.82, 2.24) is 0 Å². The summed E-state index contributed by atoms with van der Waals surface area (Å²) in [6, 6.07) is 8.14. The molecular weight excluding hydrogens is 591 g/mol. The minimum absolute atomic E-state index is 0.135. The summed E-state index contributed by atoms with van der Waals surface area (Å²) in [5.74, 6) is -1.27. The zero-order valence-corrected chi connectivity index (χ0v) is 26.3. The van der Waals surface area contributed by atoms with Gasteiger partial charge in [-0.25, -0.2) is 13.2 Å². The first-order valence-corrected chi connectivity index (χ1v) is 16.8. The van der Waals surface area contributed by atoms with Crippen LogP contribution in [0.15, 0.2) is 36.4 Å². The van der Waals surface area contributed by atoms with Gasteiger partial charge in [-0.05, 0) is 80.0 Å². The second kappa shape index (κ2) is 15.9. The predicted molar refractivity (Wildman–Crippen MR) is 162 cm³/mol. The first-order valence-electron chi connectivity index (χ1n) is 16.8. The number of ether oxygens (including phenoxy) is 4. The van der Waals surface area contributed by atoms with Gasteiger partial charge in [-0.15, -0.1) is 0 Å². The van der Waals surface area contributed by atoms with Gasteiger partial charge in [0, 0.05) is 17.5 Å². The van der Waals surface area contributed by atoms with E-state index in [-0.39, 0.29) is 42.7 Å². The molecule has 2 saturated carbocycles. The van der Waals surface area contributed by atoms with Gasteiger partial charge in [-0.3, -0.25) is 0 Å².